The highest BCUT2D eigenvalue weighted by Crippen LogP contribution is 2.29. The van der Waals surface area contributed by atoms with Gasteiger partial charge in [-0.25, -0.2) is 0 Å². The van der Waals surface area contributed by atoms with E-state index < -0.39 is 0 Å². The topological polar surface area (TPSA) is 0 Å². The third kappa shape index (κ3) is 8.33. The summed E-state index contributed by atoms with van der Waals surface area (Å²) in [6, 6.07) is 22.1. The van der Waals surface area contributed by atoms with Gasteiger partial charge in [0.2, 0.25) is 0 Å². The smallest absolute Gasteiger partial charge is 0.0162 e. The summed E-state index contributed by atoms with van der Waals surface area (Å²) in [7, 11) is 0. The molecule has 0 bridgehead atoms. The maximum atomic E-state index is 2.45. The summed E-state index contributed by atoms with van der Waals surface area (Å²) in [5.41, 5.74) is 3.02. The van der Waals surface area contributed by atoms with E-state index in [-0.39, 0.29) is 0 Å². The molecule has 0 saturated carbocycles. The van der Waals surface area contributed by atoms with E-state index in [9.17, 15) is 0 Å². The molecule has 0 aromatic heterocycles. The molecule has 0 radical (unpaired) electrons. The minimum absolute atomic E-state index is 0.704. The van der Waals surface area contributed by atoms with Crippen LogP contribution < -0.4 is 0 Å². The first-order valence-electron chi connectivity index (χ1n) is 11.3. The molecule has 27 heavy (non-hydrogen) atoms. The number of unbranched alkanes of at least 4 members (excludes halogenated alkanes) is 4. The molecular weight excluding hydrogens is 324 g/mol. The summed E-state index contributed by atoms with van der Waals surface area (Å²) in [5.74, 6) is 2.28. The fourth-order valence-corrected chi connectivity index (χ4v) is 4.29. The fraction of sp³-hybridized carbons (Fsp3) is 0.556. The molecule has 0 heterocycles. The van der Waals surface area contributed by atoms with E-state index in [0.29, 0.717) is 5.92 Å². The van der Waals surface area contributed by atoms with Crippen molar-refractivity contribution in [2.24, 2.45) is 5.92 Å². The van der Waals surface area contributed by atoms with E-state index >= 15 is 0 Å². The molecule has 0 nitrogen and oxygen atoms in total. The second-order valence-corrected chi connectivity index (χ2v) is 8.51. The zero-order chi connectivity index (χ0) is 19.3. The van der Waals surface area contributed by atoms with Gasteiger partial charge in [0.1, 0.15) is 0 Å². The predicted molar refractivity (Wildman–Crippen MR) is 120 cm³/mol. The Balaban J connectivity index is 1.53. The van der Waals surface area contributed by atoms with Crippen LogP contribution in [0.1, 0.15) is 102 Å². The predicted octanol–water partition coefficient (Wildman–Crippen LogP) is 8.74. The van der Waals surface area contributed by atoms with Crippen molar-refractivity contribution in [2.45, 2.75) is 90.4 Å². The van der Waals surface area contributed by atoms with Gasteiger partial charge in [0.25, 0.3) is 0 Å². The van der Waals surface area contributed by atoms with Crippen molar-refractivity contribution in [3.63, 3.8) is 0 Å². The van der Waals surface area contributed by atoms with E-state index in [1.807, 2.05) is 0 Å². The highest BCUT2D eigenvalue weighted by atomic mass is 14.2. The van der Waals surface area contributed by atoms with Crippen LogP contribution in [0.25, 0.3) is 0 Å². The van der Waals surface area contributed by atoms with Gasteiger partial charge in [-0.1, -0.05) is 120 Å². The molecule has 0 N–H and O–H groups in total. The van der Waals surface area contributed by atoms with E-state index in [4.69, 9.17) is 0 Å². The first kappa shape index (κ1) is 21.7. The average molecular weight is 365 g/mol. The molecule has 0 saturated heterocycles. The normalized spacial score (nSPS) is 14.6. The van der Waals surface area contributed by atoms with Crippen molar-refractivity contribution in [2.75, 3.05) is 0 Å². The van der Waals surface area contributed by atoms with Crippen molar-refractivity contribution in [1.82, 2.24) is 0 Å². The van der Waals surface area contributed by atoms with Crippen molar-refractivity contribution in [1.29, 1.82) is 0 Å². The Morgan fingerprint density at radius 2 is 1.15 bits per heavy atom. The summed E-state index contributed by atoms with van der Waals surface area (Å²) in [6.45, 7) is 7.15. The third-order valence-electron chi connectivity index (χ3n) is 6.15. The molecule has 3 atom stereocenters. The largest absolute Gasteiger partial charge is 0.0648 e. The highest BCUT2D eigenvalue weighted by Gasteiger charge is 2.13. The molecule has 0 aliphatic carbocycles. The zero-order valence-electron chi connectivity index (χ0n) is 17.9. The third-order valence-corrected chi connectivity index (χ3v) is 6.15. The lowest BCUT2D eigenvalue weighted by Crippen LogP contribution is -2.04. The van der Waals surface area contributed by atoms with Gasteiger partial charge < -0.3 is 0 Å². The molecule has 0 spiro atoms. The molecular formula is C27H40. The van der Waals surface area contributed by atoms with Gasteiger partial charge >= 0.3 is 0 Å². The van der Waals surface area contributed by atoms with Crippen LogP contribution in [0.4, 0.5) is 0 Å². The summed E-state index contributed by atoms with van der Waals surface area (Å²) in [6.07, 6.45) is 12.3. The summed E-state index contributed by atoms with van der Waals surface area (Å²) < 4.78 is 0. The number of rotatable bonds is 13. The molecule has 3 unspecified atom stereocenters. The summed E-state index contributed by atoms with van der Waals surface area (Å²) in [4.78, 5) is 0. The van der Waals surface area contributed by atoms with Crippen LogP contribution >= 0.6 is 0 Å². The minimum atomic E-state index is 0.704. The van der Waals surface area contributed by atoms with Crippen LogP contribution in [0, 0.1) is 5.92 Å². The maximum absolute atomic E-state index is 2.45. The van der Waals surface area contributed by atoms with Crippen molar-refractivity contribution in [3.8, 4) is 0 Å². The molecule has 0 amide bonds. The lowest BCUT2D eigenvalue weighted by Gasteiger charge is -2.20. The second-order valence-electron chi connectivity index (χ2n) is 8.51. The monoisotopic (exact) mass is 364 g/mol. The van der Waals surface area contributed by atoms with Gasteiger partial charge in [-0.05, 0) is 48.1 Å². The van der Waals surface area contributed by atoms with Crippen molar-refractivity contribution >= 4 is 0 Å². The van der Waals surface area contributed by atoms with Crippen LogP contribution in [-0.2, 0) is 0 Å². The van der Waals surface area contributed by atoms with E-state index in [1.165, 1.54) is 68.9 Å². The zero-order valence-corrected chi connectivity index (χ0v) is 17.9. The second kappa shape index (κ2) is 12.8. The molecule has 2 rings (SSSR count). The first-order valence-corrected chi connectivity index (χ1v) is 11.3. The SMILES string of the molecule is CCC(CC(C)CCCCCCCC(C)c1ccccc1)c1ccccc1. The van der Waals surface area contributed by atoms with E-state index in [0.717, 1.165) is 11.8 Å². The van der Waals surface area contributed by atoms with Gasteiger partial charge in [-0.15, -0.1) is 0 Å². The van der Waals surface area contributed by atoms with Crippen LogP contribution in [0.5, 0.6) is 0 Å². The lowest BCUT2D eigenvalue weighted by atomic mass is 9.85. The molecule has 148 valence electrons. The Labute approximate surface area is 168 Å². The van der Waals surface area contributed by atoms with Gasteiger partial charge in [-0.3, -0.25) is 0 Å². The van der Waals surface area contributed by atoms with Gasteiger partial charge in [0.05, 0.1) is 0 Å². The Kier molecular flexibility index (Phi) is 10.3. The van der Waals surface area contributed by atoms with Gasteiger partial charge in [-0.2, -0.15) is 0 Å². The maximum Gasteiger partial charge on any atom is -0.0162 e. The van der Waals surface area contributed by atoms with Crippen LogP contribution in [-0.4, -0.2) is 0 Å². The summed E-state index contributed by atoms with van der Waals surface area (Å²) >= 11 is 0. The number of benzene rings is 2. The summed E-state index contributed by atoms with van der Waals surface area (Å²) in [5, 5.41) is 0. The fourth-order valence-electron chi connectivity index (χ4n) is 4.29. The Morgan fingerprint density at radius 1 is 0.630 bits per heavy atom. The van der Waals surface area contributed by atoms with Crippen molar-refractivity contribution in [3.05, 3.63) is 71.8 Å². The standard InChI is InChI=1S/C27H40/c1-4-25(27-20-14-9-15-21-27)22-23(2)16-10-6-5-7-11-17-24(3)26-18-12-8-13-19-26/h8-9,12-15,18-21,23-25H,4-7,10-11,16-17,22H2,1-3H3. The minimum Gasteiger partial charge on any atom is -0.0648 e. The molecule has 2 aromatic carbocycles. The first-order chi connectivity index (χ1) is 13.2. The molecule has 2 aromatic rings. The van der Waals surface area contributed by atoms with Crippen LogP contribution in [0.2, 0.25) is 0 Å². The highest BCUT2D eigenvalue weighted by molar-refractivity contribution is 5.19. The number of hydrogen-bond donors (Lipinski definition) is 0. The molecule has 0 heteroatoms. The Morgan fingerprint density at radius 3 is 1.74 bits per heavy atom. The van der Waals surface area contributed by atoms with Crippen LogP contribution in [0.15, 0.2) is 60.7 Å². The average Bonchev–Trinajstić information content (AvgIpc) is 2.72. The van der Waals surface area contributed by atoms with Crippen molar-refractivity contribution < 1.29 is 0 Å². The van der Waals surface area contributed by atoms with E-state index in [2.05, 4.69) is 81.4 Å². The van der Waals surface area contributed by atoms with Gasteiger partial charge in [0.15, 0.2) is 0 Å². The lowest BCUT2D eigenvalue weighted by molar-refractivity contribution is 0.411. The Hall–Kier alpha value is -1.56. The molecule has 0 aliphatic heterocycles. The number of hydrogen-bond acceptors (Lipinski definition) is 0. The van der Waals surface area contributed by atoms with Crippen LogP contribution in [0.3, 0.4) is 0 Å². The Bertz CT molecular complexity index is 586. The molecule has 0 aliphatic rings. The molecule has 0 fully saturated rings. The van der Waals surface area contributed by atoms with E-state index in [1.54, 1.807) is 0 Å². The van der Waals surface area contributed by atoms with Gasteiger partial charge in [0, 0.05) is 0 Å². The quantitative estimate of drug-likeness (QED) is 0.312.